The zero-order valence-electron chi connectivity index (χ0n) is 7.91. The molecule has 0 unspecified atom stereocenters. The molecule has 0 aliphatic heterocycles. The van der Waals surface area contributed by atoms with Gasteiger partial charge in [0.1, 0.15) is 5.75 Å². The average molecular weight is 201 g/mol. The van der Waals surface area contributed by atoms with Crippen LogP contribution in [0.1, 0.15) is 18.4 Å². The Hall–Kier alpha value is -1.16. The van der Waals surface area contributed by atoms with E-state index >= 15 is 0 Å². The van der Waals surface area contributed by atoms with Crippen molar-refractivity contribution in [1.29, 1.82) is 0 Å². The lowest BCUT2D eigenvalue weighted by molar-refractivity contribution is -0.0498. The quantitative estimate of drug-likeness (QED) is 0.811. The van der Waals surface area contributed by atoms with E-state index in [1.165, 1.54) is 12.1 Å². The van der Waals surface area contributed by atoms with Crippen LogP contribution >= 0.6 is 0 Å². The topological polar surface area (TPSA) is 35.2 Å². The van der Waals surface area contributed by atoms with Crippen molar-refractivity contribution in [3.8, 4) is 5.75 Å². The zero-order valence-corrected chi connectivity index (χ0v) is 7.91. The minimum Gasteiger partial charge on any atom is -0.435 e. The van der Waals surface area contributed by atoms with E-state index in [2.05, 4.69) is 4.74 Å². The second-order valence-corrected chi connectivity index (χ2v) is 3.08. The van der Waals surface area contributed by atoms with E-state index < -0.39 is 6.61 Å². The number of hydrogen-bond acceptors (Lipinski definition) is 2. The number of nitrogens with two attached hydrogens (primary N) is 1. The van der Waals surface area contributed by atoms with E-state index in [1.54, 1.807) is 12.1 Å². The molecule has 0 aliphatic rings. The monoisotopic (exact) mass is 201 g/mol. The first kappa shape index (κ1) is 10.9. The normalized spacial score (nSPS) is 12.9. The summed E-state index contributed by atoms with van der Waals surface area (Å²) in [7, 11) is 0. The van der Waals surface area contributed by atoms with Crippen molar-refractivity contribution in [2.24, 2.45) is 5.73 Å². The van der Waals surface area contributed by atoms with Crippen molar-refractivity contribution in [2.75, 3.05) is 6.54 Å². The maximum atomic E-state index is 11.8. The molecule has 0 radical (unpaired) electrons. The molecule has 4 heteroatoms. The molecule has 1 atom stereocenters. The summed E-state index contributed by atoms with van der Waals surface area (Å²) in [6, 6.07) is 6.53. The molecule has 0 spiro atoms. The fourth-order valence-electron chi connectivity index (χ4n) is 1.11. The molecule has 1 aromatic rings. The Kier molecular flexibility index (Phi) is 3.83. The van der Waals surface area contributed by atoms with Crippen LogP contribution in [-0.2, 0) is 0 Å². The summed E-state index contributed by atoms with van der Waals surface area (Å²) in [5.41, 5.74) is 6.49. The van der Waals surface area contributed by atoms with E-state index in [0.29, 0.717) is 6.54 Å². The van der Waals surface area contributed by atoms with Gasteiger partial charge in [-0.25, -0.2) is 0 Å². The van der Waals surface area contributed by atoms with Crippen molar-refractivity contribution in [3.63, 3.8) is 0 Å². The van der Waals surface area contributed by atoms with E-state index in [-0.39, 0.29) is 11.7 Å². The molecule has 0 fully saturated rings. The van der Waals surface area contributed by atoms with Crippen LogP contribution in [0.5, 0.6) is 5.75 Å². The molecule has 0 aromatic heterocycles. The van der Waals surface area contributed by atoms with Crippen LogP contribution in [0, 0.1) is 0 Å². The summed E-state index contributed by atoms with van der Waals surface area (Å²) in [6.07, 6.45) is 0. The number of rotatable bonds is 4. The minimum absolute atomic E-state index is 0.174. The van der Waals surface area contributed by atoms with Gasteiger partial charge in [-0.05, 0) is 30.2 Å². The average Bonchev–Trinajstić information content (AvgIpc) is 2.17. The Balaban J connectivity index is 2.68. The van der Waals surface area contributed by atoms with Gasteiger partial charge in [0.2, 0.25) is 0 Å². The van der Waals surface area contributed by atoms with Crippen molar-refractivity contribution >= 4 is 0 Å². The highest BCUT2D eigenvalue weighted by molar-refractivity contribution is 5.29. The van der Waals surface area contributed by atoms with Crippen LogP contribution in [0.25, 0.3) is 0 Å². The molecule has 0 saturated carbocycles. The number of benzene rings is 1. The fourth-order valence-corrected chi connectivity index (χ4v) is 1.11. The summed E-state index contributed by atoms with van der Waals surface area (Å²) in [4.78, 5) is 0. The van der Waals surface area contributed by atoms with Crippen LogP contribution in [0.4, 0.5) is 8.78 Å². The first-order valence-corrected chi connectivity index (χ1v) is 4.38. The zero-order chi connectivity index (χ0) is 10.6. The van der Waals surface area contributed by atoms with Gasteiger partial charge in [0.25, 0.3) is 0 Å². The highest BCUT2D eigenvalue weighted by Gasteiger charge is 2.06. The summed E-state index contributed by atoms with van der Waals surface area (Å²) in [6.45, 7) is -0.259. The van der Waals surface area contributed by atoms with E-state index in [0.717, 1.165) is 5.56 Å². The van der Waals surface area contributed by atoms with Crippen LogP contribution in [0.15, 0.2) is 24.3 Å². The highest BCUT2D eigenvalue weighted by Crippen LogP contribution is 2.19. The van der Waals surface area contributed by atoms with Crippen LogP contribution in [-0.4, -0.2) is 13.2 Å². The largest absolute Gasteiger partial charge is 0.435 e. The molecule has 1 aromatic carbocycles. The predicted molar refractivity (Wildman–Crippen MR) is 50.5 cm³/mol. The Morgan fingerprint density at radius 2 is 1.86 bits per heavy atom. The second kappa shape index (κ2) is 4.91. The molecule has 2 N–H and O–H groups in total. The lowest BCUT2D eigenvalue weighted by Crippen LogP contribution is -2.08. The molecular formula is C10H13F2NO. The van der Waals surface area contributed by atoms with Gasteiger partial charge in [-0.1, -0.05) is 19.1 Å². The van der Waals surface area contributed by atoms with Gasteiger partial charge < -0.3 is 10.5 Å². The first-order chi connectivity index (χ1) is 6.63. The molecule has 0 amide bonds. The molecular weight excluding hydrogens is 188 g/mol. The Bertz CT molecular complexity index is 274. The Labute approximate surface area is 81.7 Å². The van der Waals surface area contributed by atoms with E-state index in [9.17, 15) is 8.78 Å². The third-order valence-electron chi connectivity index (χ3n) is 2.03. The van der Waals surface area contributed by atoms with Crippen molar-refractivity contribution in [2.45, 2.75) is 19.5 Å². The standard InChI is InChI=1S/C10H13F2NO/c1-7(6-13)8-2-4-9(5-3-8)14-10(11)12/h2-5,7,10H,6,13H2,1H3/t7-/m0/s1. The maximum absolute atomic E-state index is 11.8. The Morgan fingerprint density at radius 3 is 2.29 bits per heavy atom. The van der Waals surface area contributed by atoms with E-state index in [1.807, 2.05) is 6.92 Å². The molecule has 14 heavy (non-hydrogen) atoms. The van der Waals surface area contributed by atoms with Gasteiger partial charge in [-0.15, -0.1) is 0 Å². The number of ether oxygens (including phenoxy) is 1. The summed E-state index contributed by atoms with van der Waals surface area (Å²) < 4.78 is 27.8. The predicted octanol–water partition coefficient (Wildman–Crippen LogP) is 2.35. The smallest absolute Gasteiger partial charge is 0.387 e. The van der Waals surface area contributed by atoms with Gasteiger partial charge in [0.15, 0.2) is 0 Å². The molecule has 0 aliphatic carbocycles. The minimum atomic E-state index is -2.77. The third-order valence-corrected chi connectivity index (χ3v) is 2.03. The van der Waals surface area contributed by atoms with Gasteiger partial charge in [-0.2, -0.15) is 8.78 Å². The van der Waals surface area contributed by atoms with Crippen LogP contribution in [0.2, 0.25) is 0 Å². The number of hydrogen-bond donors (Lipinski definition) is 1. The number of alkyl halides is 2. The molecule has 0 saturated heterocycles. The van der Waals surface area contributed by atoms with Gasteiger partial charge in [0.05, 0.1) is 0 Å². The molecule has 78 valence electrons. The number of halogens is 2. The van der Waals surface area contributed by atoms with Gasteiger partial charge >= 0.3 is 6.61 Å². The van der Waals surface area contributed by atoms with Crippen molar-refractivity contribution in [3.05, 3.63) is 29.8 Å². The lowest BCUT2D eigenvalue weighted by atomic mass is 10.0. The highest BCUT2D eigenvalue weighted by atomic mass is 19.3. The Morgan fingerprint density at radius 1 is 1.29 bits per heavy atom. The summed E-state index contributed by atoms with van der Waals surface area (Å²) >= 11 is 0. The fraction of sp³-hybridized carbons (Fsp3) is 0.400. The third kappa shape index (κ3) is 2.96. The van der Waals surface area contributed by atoms with Crippen molar-refractivity contribution in [1.82, 2.24) is 0 Å². The van der Waals surface area contributed by atoms with E-state index in [4.69, 9.17) is 5.73 Å². The SMILES string of the molecule is C[C@@H](CN)c1ccc(OC(F)F)cc1. The molecule has 2 nitrogen and oxygen atoms in total. The second-order valence-electron chi connectivity index (χ2n) is 3.08. The van der Waals surface area contributed by atoms with Crippen LogP contribution < -0.4 is 10.5 Å². The molecule has 0 bridgehead atoms. The molecule has 0 heterocycles. The summed E-state index contributed by atoms with van der Waals surface area (Å²) in [5, 5.41) is 0. The summed E-state index contributed by atoms with van der Waals surface area (Å²) in [5.74, 6) is 0.406. The van der Waals surface area contributed by atoms with Gasteiger partial charge in [0, 0.05) is 0 Å². The van der Waals surface area contributed by atoms with Crippen LogP contribution in [0.3, 0.4) is 0 Å². The lowest BCUT2D eigenvalue weighted by Gasteiger charge is -2.09. The van der Waals surface area contributed by atoms with Gasteiger partial charge in [-0.3, -0.25) is 0 Å². The first-order valence-electron chi connectivity index (χ1n) is 4.38. The molecule has 1 rings (SSSR count). The van der Waals surface area contributed by atoms with Crippen molar-refractivity contribution < 1.29 is 13.5 Å². The maximum Gasteiger partial charge on any atom is 0.387 e.